The number of benzene rings is 1. The lowest BCUT2D eigenvalue weighted by atomic mass is 9.98. The van der Waals surface area contributed by atoms with E-state index >= 15 is 0 Å². The average molecular weight is 253 g/mol. The number of hydrogen-bond acceptors (Lipinski definition) is 2. The molecular weight excluding hydrogens is 236 g/mol. The molecule has 0 bridgehead atoms. The van der Waals surface area contributed by atoms with Gasteiger partial charge in [0.25, 0.3) is 0 Å². The Morgan fingerprint density at radius 3 is 3.06 bits per heavy atom. The maximum Gasteiger partial charge on any atom is 0.225 e. The minimum absolute atomic E-state index is 0.129. The molecule has 92 valence electrons. The monoisotopic (exact) mass is 252 g/mol. The van der Waals surface area contributed by atoms with Crippen LogP contribution >= 0.6 is 11.6 Å². The summed E-state index contributed by atoms with van der Waals surface area (Å²) in [5.41, 5.74) is 7.52. The predicted octanol–water partition coefficient (Wildman–Crippen LogP) is 2.68. The van der Waals surface area contributed by atoms with Gasteiger partial charge in [0.15, 0.2) is 0 Å². The molecule has 2 N–H and O–H groups in total. The van der Waals surface area contributed by atoms with Gasteiger partial charge < -0.3 is 10.6 Å². The third-order valence-electron chi connectivity index (χ3n) is 3.26. The van der Waals surface area contributed by atoms with E-state index in [2.05, 4.69) is 0 Å². The van der Waals surface area contributed by atoms with Crippen LogP contribution in [0, 0.1) is 5.92 Å². The second-order valence-electron chi connectivity index (χ2n) is 4.65. The number of rotatable bonds is 2. The number of amides is 1. The number of carbonyl (C=O) groups excluding carboxylic acids is 1. The highest BCUT2D eigenvalue weighted by Gasteiger charge is 2.25. The third kappa shape index (κ3) is 2.72. The Labute approximate surface area is 107 Å². The molecule has 0 radical (unpaired) electrons. The number of anilines is 1. The maximum absolute atomic E-state index is 12.0. The summed E-state index contributed by atoms with van der Waals surface area (Å²) in [7, 11) is 0. The number of nitrogens with two attached hydrogens (primary N) is 1. The van der Waals surface area contributed by atoms with E-state index in [0.29, 0.717) is 17.3 Å². The first-order chi connectivity index (χ1) is 8.08. The quantitative estimate of drug-likeness (QED) is 0.823. The van der Waals surface area contributed by atoms with Crippen LogP contribution in [0.2, 0.25) is 5.02 Å². The summed E-state index contributed by atoms with van der Waals surface area (Å²) < 4.78 is 0. The molecule has 3 nitrogen and oxygen atoms in total. The average Bonchev–Trinajstić information content (AvgIpc) is 2.30. The molecule has 1 fully saturated rings. The van der Waals surface area contributed by atoms with Gasteiger partial charge in [-0.05, 0) is 36.6 Å². The van der Waals surface area contributed by atoms with E-state index in [9.17, 15) is 4.79 Å². The van der Waals surface area contributed by atoms with Crippen LogP contribution in [0.15, 0.2) is 18.2 Å². The van der Waals surface area contributed by atoms with Gasteiger partial charge in [-0.2, -0.15) is 0 Å². The normalized spacial score (nSPS) is 20.7. The Hall–Kier alpha value is -1.22. The lowest BCUT2D eigenvalue weighted by Gasteiger charge is -2.31. The van der Waals surface area contributed by atoms with Crippen molar-refractivity contribution in [1.82, 2.24) is 4.90 Å². The lowest BCUT2D eigenvalue weighted by Crippen LogP contribution is -2.39. The Bertz CT molecular complexity index is 433. The van der Waals surface area contributed by atoms with Crippen molar-refractivity contribution in [3.8, 4) is 0 Å². The Morgan fingerprint density at radius 2 is 2.29 bits per heavy atom. The van der Waals surface area contributed by atoms with Crippen molar-refractivity contribution in [3.63, 3.8) is 0 Å². The number of halogens is 1. The van der Waals surface area contributed by atoms with Crippen molar-refractivity contribution in [3.05, 3.63) is 28.8 Å². The highest BCUT2D eigenvalue weighted by Crippen LogP contribution is 2.23. The van der Waals surface area contributed by atoms with Crippen LogP contribution in [0.5, 0.6) is 0 Å². The van der Waals surface area contributed by atoms with Gasteiger partial charge in [0.05, 0.1) is 0 Å². The van der Waals surface area contributed by atoms with Gasteiger partial charge in [0.1, 0.15) is 0 Å². The molecule has 4 heteroatoms. The molecule has 17 heavy (non-hydrogen) atoms. The topological polar surface area (TPSA) is 46.3 Å². The fraction of sp³-hybridized carbons (Fsp3) is 0.462. The summed E-state index contributed by atoms with van der Waals surface area (Å²) >= 11 is 5.94. The van der Waals surface area contributed by atoms with Gasteiger partial charge in [-0.3, -0.25) is 4.79 Å². The molecule has 0 saturated carbocycles. The van der Waals surface area contributed by atoms with E-state index in [0.717, 1.165) is 24.9 Å². The molecule has 0 spiro atoms. The highest BCUT2D eigenvalue weighted by molar-refractivity contribution is 6.30. The van der Waals surface area contributed by atoms with Crippen LogP contribution < -0.4 is 5.73 Å². The molecule has 1 aromatic carbocycles. The smallest absolute Gasteiger partial charge is 0.225 e. The Morgan fingerprint density at radius 1 is 1.53 bits per heavy atom. The first kappa shape index (κ1) is 12.2. The van der Waals surface area contributed by atoms with E-state index < -0.39 is 0 Å². The van der Waals surface area contributed by atoms with Crippen LogP contribution in [-0.4, -0.2) is 17.4 Å². The van der Waals surface area contributed by atoms with Crippen LogP contribution in [0.3, 0.4) is 0 Å². The number of likely N-dealkylation sites (tertiary alicyclic amines) is 1. The summed E-state index contributed by atoms with van der Waals surface area (Å²) in [6.07, 6.45) is 2.05. The van der Waals surface area contributed by atoms with Gasteiger partial charge in [0.2, 0.25) is 5.91 Å². The number of carbonyl (C=O) groups is 1. The third-order valence-corrected chi connectivity index (χ3v) is 3.50. The zero-order valence-electron chi connectivity index (χ0n) is 9.95. The molecule has 0 aromatic heterocycles. The summed E-state index contributed by atoms with van der Waals surface area (Å²) in [5.74, 6) is 0.347. The molecule has 2 rings (SSSR count). The molecule has 1 saturated heterocycles. The van der Waals surface area contributed by atoms with Crippen molar-refractivity contribution in [1.29, 1.82) is 0 Å². The fourth-order valence-electron chi connectivity index (χ4n) is 2.21. The van der Waals surface area contributed by atoms with Crippen LogP contribution in [0.25, 0.3) is 0 Å². The lowest BCUT2D eigenvalue weighted by molar-refractivity contribution is -0.138. The zero-order valence-corrected chi connectivity index (χ0v) is 10.7. The van der Waals surface area contributed by atoms with E-state index in [-0.39, 0.29) is 11.8 Å². The minimum Gasteiger partial charge on any atom is -0.398 e. The number of nitrogens with zero attached hydrogens (tertiary/aromatic N) is 1. The summed E-state index contributed by atoms with van der Waals surface area (Å²) in [6, 6.07) is 5.39. The number of hydrogen-bond donors (Lipinski definition) is 1. The second kappa shape index (κ2) is 4.96. The van der Waals surface area contributed by atoms with E-state index in [1.165, 1.54) is 0 Å². The molecule has 0 aliphatic carbocycles. The van der Waals surface area contributed by atoms with Crippen LogP contribution in [0.1, 0.15) is 25.3 Å². The number of piperidine rings is 1. The van der Waals surface area contributed by atoms with E-state index in [1.807, 2.05) is 17.9 Å². The first-order valence-electron chi connectivity index (χ1n) is 5.90. The molecule has 1 aliphatic heterocycles. The van der Waals surface area contributed by atoms with Gasteiger partial charge in [0, 0.05) is 29.7 Å². The van der Waals surface area contributed by atoms with E-state index in [1.54, 1.807) is 12.1 Å². The van der Waals surface area contributed by atoms with Crippen molar-refractivity contribution >= 4 is 23.2 Å². The minimum atomic E-state index is 0.129. The fourth-order valence-corrected chi connectivity index (χ4v) is 2.40. The Balaban J connectivity index is 2.14. The van der Waals surface area contributed by atoms with Crippen molar-refractivity contribution < 1.29 is 4.79 Å². The zero-order chi connectivity index (χ0) is 12.4. The molecule has 1 atom stereocenters. The maximum atomic E-state index is 12.0. The largest absolute Gasteiger partial charge is 0.398 e. The molecule has 1 unspecified atom stereocenters. The Kier molecular flexibility index (Phi) is 3.57. The predicted molar refractivity (Wildman–Crippen MR) is 69.7 cm³/mol. The molecule has 1 aliphatic rings. The molecular formula is C13H17ClN2O. The summed E-state index contributed by atoms with van der Waals surface area (Å²) in [4.78, 5) is 13.8. The summed E-state index contributed by atoms with van der Waals surface area (Å²) in [6.45, 7) is 3.36. The SMILES string of the molecule is CC1CCCN(Cc2cc(Cl)ccc2N)C1=O. The second-order valence-corrected chi connectivity index (χ2v) is 5.08. The number of nitrogen functional groups attached to an aromatic ring is 1. The van der Waals surface area contributed by atoms with Gasteiger partial charge in [-0.25, -0.2) is 0 Å². The molecule has 1 amide bonds. The van der Waals surface area contributed by atoms with Crippen LogP contribution in [0.4, 0.5) is 5.69 Å². The van der Waals surface area contributed by atoms with Crippen LogP contribution in [-0.2, 0) is 11.3 Å². The molecule has 1 heterocycles. The van der Waals surface area contributed by atoms with Crippen molar-refractivity contribution in [2.75, 3.05) is 12.3 Å². The van der Waals surface area contributed by atoms with Crippen molar-refractivity contribution in [2.45, 2.75) is 26.3 Å². The van der Waals surface area contributed by atoms with Gasteiger partial charge in [-0.1, -0.05) is 18.5 Å². The summed E-state index contributed by atoms with van der Waals surface area (Å²) in [5, 5.41) is 0.659. The highest BCUT2D eigenvalue weighted by atomic mass is 35.5. The van der Waals surface area contributed by atoms with Gasteiger partial charge in [-0.15, -0.1) is 0 Å². The standard InChI is InChI=1S/C13H17ClN2O/c1-9-3-2-6-16(13(9)17)8-10-7-11(14)4-5-12(10)15/h4-5,7,9H,2-3,6,8,15H2,1H3. The molecule has 1 aromatic rings. The van der Waals surface area contributed by atoms with Crippen molar-refractivity contribution in [2.24, 2.45) is 5.92 Å². The van der Waals surface area contributed by atoms with E-state index in [4.69, 9.17) is 17.3 Å². The first-order valence-corrected chi connectivity index (χ1v) is 6.28. The van der Waals surface area contributed by atoms with Gasteiger partial charge >= 0.3 is 0 Å².